The van der Waals surface area contributed by atoms with E-state index in [9.17, 15) is 9.59 Å². The third kappa shape index (κ3) is 3.54. The number of thiophene rings is 1. The molecule has 2 heterocycles. The smallest absolute Gasteiger partial charge is 0.251 e. The normalized spacial score (nSPS) is 12.2. The molecule has 0 aliphatic heterocycles. The summed E-state index contributed by atoms with van der Waals surface area (Å²) in [4.78, 5) is 28.5. The zero-order valence-corrected chi connectivity index (χ0v) is 15.5. The maximum atomic E-state index is 12.5. The number of fused-ring (bicyclic) bond motifs is 1. The molecule has 0 saturated carbocycles. The van der Waals surface area contributed by atoms with Crippen LogP contribution < -0.4 is 11.1 Å². The molecule has 0 aliphatic rings. The number of imidazole rings is 1. The topological polar surface area (TPSA) is 90.0 Å². The Bertz CT molecular complexity index is 932. The van der Waals surface area contributed by atoms with Gasteiger partial charge in [0.25, 0.3) is 5.91 Å². The van der Waals surface area contributed by atoms with Gasteiger partial charge in [0, 0.05) is 6.54 Å². The van der Waals surface area contributed by atoms with E-state index >= 15 is 0 Å². The Morgan fingerprint density at radius 3 is 2.84 bits per heavy atom. The van der Waals surface area contributed by atoms with Crippen LogP contribution in [0.3, 0.4) is 0 Å². The van der Waals surface area contributed by atoms with Gasteiger partial charge in [0.1, 0.15) is 5.00 Å². The fourth-order valence-corrected chi connectivity index (χ4v) is 4.26. The largest absolute Gasteiger partial charge is 0.366 e. The van der Waals surface area contributed by atoms with Crippen molar-refractivity contribution in [3.8, 4) is 0 Å². The summed E-state index contributed by atoms with van der Waals surface area (Å²) in [6, 6.07) is 9.51. The molecule has 1 atom stereocenters. The molecule has 0 aliphatic carbocycles. The molecule has 0 radical (unpaired) electrons. The van der Waals surface area contributed by atoms with Crippen LogP contribution in [0.4, 0.5) is 5.00 Å². The van der Waals surface area contributed by atoms with E-state index in [1.54, 1.807) is 11.4 Å². The predicted molar refractivity (Wildman–Crippen MR) is 102 cm³/mol. The van der Waals surface area contributed by atoms with E-state index in [0.29, 0.717) is 10.6 Å². The first-order valence-corrected chi connectivity index (χ1v) is 9.57. The number of hydrogen-bond donors (Lipinski definition) is 2. The molecular formula is C17H18N4O2S2. The molecule has 1 aromatic carbocycles. The third-order valence-electron chi connectivity index (χ3n) is 3.75. The average molecular weight is 374 g/mol. The molecule has 0 saturated heterocycles. The van der Waals surface area contributed by atoms with Crippen molar-refractivity contribution in [3.63, 3.8) is 0 Å². The van der Waals surface area contributed by atoms with Gasteiger partial charge >= 0.3 is 0 Å². The van der Waals surface area contributed by atoms with Gasteiger partial charge in [-0.15, -0.1) is 11.3 Å². The van der Waals surface area contributed by atoms with Crippen molar-refractivity contribution >= 4 is 50.9 Å². The van der Waals surface area contributed by atoms with Crippen molar-refractivity contribution < 1.29 is 9.59 Å². The van der Waals surface area contributed by atoms with Crippen molar-refractivity contribution in [2.45, 2.75) is 30.8 Å². The van der Waals surface area contributed by atoms with E-state index in [0.717, 1.165) is 22.7 Å². The van der Waals surface area contributed by atoms with Crippen LogP contribution in [0.1, 0.15) is 24.2 Å². The van der Waals surface area contributed by atoms with E-state index in [1.807, 2.05) is 38.1 Å². The number of carbonyl (C=O) groups is 2. The summed E-state index contributed by atoms with van der Waals surface area (Å²) in [7, 11) is 0. The van der Waals surface area contributed by atoms with Crippen LogP contribution in [0, 0.1) is 0 Å². The number of thioether (sulfide) groups is 1. The summed E-state index contributed by atoms with van der Waals surface area (Å²) < 4.78 is 2.09. The number of aromatic nitrogens is 2. The minimum atomic E-state index is -0.551. The minimum Gasteiger partial charge on any atom is -0.366 e. The van der Waals surface area contributed by atoms with E-state index in [2.05, 4.69) is 14.9 Å². The molecule has 0 bridgehead atoms. The second-order valence-corrected chi connectivity index (χ2v) is 7.63. The van der Waals surface area contributed by atoms with E-state index in [-0.39, 0.29) is 11.2 Å². The number of anilines is 1. The number of nitrogens with two attached hydrogens (primary N) is 1. The monoisotopic (exact) mass is 374 g/mol. The van der Waals surface area contributed by atoms with Gasteiger partial charge in [0.15, 0.2) is 5.16 Å². The van der Waals surface area contributed by atoms with Crippen molar-refractivity contribution in [2.75, 3.05) is 5.32 Å². The van der Waals surface area contributed by atoms with Crippen molar-refractivity contribution in [3.05, 3.63) is 41.3 Å². The zero-order valence-electron chi connectivity index (χ0n) is 13.9. The van der Waals surface area contributed by atoms with Gasteiger partial charge in [-0.2, -0.15) is 0 Å². The highest BCUT2D eigenvalue weighted by Gasteiger charge is 2.21. The number of hydrogen-bond acceptors (Lipinski definition) is 5. The summed E-state index contributed by atoms with van der Waals surface area (Å²) in [5.41, 5.74) is 7.60. The third-order valence-corrected chi connectivity index (χ3v) is 5.67. The van der Waals surface area contributed by atoms with Crippen LogP contribution in [0.2, 0.25) is 0 Å². The Balaban J connectivity index is 1.78. The van der Waals surface area contributed by atoms with Crippen LogP contribution >= 0.6 is 23.1 Å². The Labute approximate surface area is 153 Å². The summed E-state index contributed by atoms with van der Waals surface area (Å²) in [5, 5.41) is 5.42. The van der Waals surface area contributed by atoms with Gasteiger partial charge in [-0.1, -0.05) is 23.9 Å². The lowest BCUT2D eigenvalue weighted by molar-refractivity contribution is -0.115. The van der Waals surface area contributed by atoms with E-state index in [4.69, 9.17) is 5.73 Å². The molecule has 3 rings (SSSR count). The molecule has 8 heteroatoms. The average Bonchev–Trinajstić information content (AvgIpc) is 3.18. The SMILES string of the molecule is CCn1c(S[C@H](C)C(=O)Nc2sccc2C(N)=O)nc2ccccc21. The Morgan fingerprint density at radius 2 is 2.12 bits per heavy atom. The minimum absolute atomic E-state index is 0.190. The van der Waals surface area contributed by atoms with Crippen LogP contribution in [-0.2, 0) is 11.3 Å². The molecule has 2 aromatic heterocycles. The van der Waals surface area contributed by atoms with Gasteiger partial charge in [0.2, 0.25) is 5.91 Å². The lowest BCUT2D eigenvalue weighted by atomic mass is 10.3. The van der Waals surface area contributed by atoms with Crippen LogP contribution in [0.15, 0.2) is 40.9 Å². The summed E-state index contributed by atoms with van der Waals surface area (Å²) in [6.07, 6.45) is 0. The Morgan fingerprint density at radius 1 is 1.36 bits per heavy atom. The lowest BCUT2D eigenvalue weighted by Gasteiger charge is -2.12. The second-order valence-electron chi connectivity index (χ2n) is 5.40. The van der Waals surface area contributed by atoms with Crippen LogP contribution in [0.5, 0.6) is 0 Å². The molecular weight excluding hydrogens is 356 g/mol. The zero-order chi connectivity index (χ0) is 18.0. The quantitative estimate of drug-likeness (QED) is 0.648. The lowest BCUT2D eigenvalue weighted by Crippen LogP contribution is -2.24. The highest BCUT2D eigenvalue weighted by Crippen LogP contribution is 2.29. The second kappa shape index (κ2) is 7.28. The molecule has 0 spiro atoms. The number of aryl methyl sites for hydroxylation is 1. The van der Waals surface area contributed by atoms with Gasteiger partial charge in [0.05, 0.1) is 21.8 Å². The molecule has 2 amide bonds. The van der Waals surface area contributed by atoms with Crippen LogP contribution in [-0.4, -0.2) is 26.6 Å². The maximum absolute atomic E-state index is 12.5. The van der Waals surface area contributed by atoms with Crippen molar-refractivity contribution in [2.24, 2.45) is 5.73 Å². The van der Waals surface area contributed by atoms with Gasteiger partial charge in [-0.3, -0.25) is 9.59 Å². The first-order valence-electron chi connectivity index (χ1n) is 7.81. The fraction of sp³-hybridized carbons (Fsp3) is 0.235. The first kappa shape index (κ1) is 17.5. The Kier molecular flexibility index (Phi) is 5.10. The highest BCUT2D eigenvalue weighted by molar-refractivity contribution is 8.00. The van der Waals surface area contributed by atoms with Gasteiger partial charge in [-0.05, 0) is 37.4 Å². The number of amides is 2. The molecule has 25 heavy (non-hydrogen) atoms. The summed E-state index contributed by atoms with van der Waals surface area (Å²) in [6.45, 7) is 4.64. The standard InChI is InChI=1S/C17H18N4O2S2/c1-3-21-13-7-5-4-6-12(13)19-17(21)25-10(2)15(23)20-16-11(14(18)22)8-9-24-16/h4-10H,3H2,1-2H3,(H2,18,22)(H,20,23)/t10-/m1/s1. The fourth-order valence-electron chi connectivity index (χ4n) is 2.47. The molecule has 0 fully saturated rings. The predicted octanol–water partition coefficient (Wildman–Crippen LogP) is 3.34. The summed E-state index contributed by atoms with van der Waals surface area (Å²) >= 11 is 2.67. The summed E-state index contributed by atoms with van der Waals surface area (Å²) in [5.74, 6) is -0.741. The Hall–Kier alpha value is -2.32. The molecule has 6 nitrogen and oxygen atoms in total. The molecule has 3 aromatic rings. The van der Waals surface area contributed by atoms with E-state index in [1.165, 1.54) is 23.1 Å². The number of nitrogens with zero attached hydrogens (tertiary/aromatic N) is 2. The highest BCUT2D eigenvalue weighted by atomic mass is 32.2. The molecule has 130 valence electrons. The number of nitrogens with one attached hydrogen (secondary N) is 1. The van der Waals surface area contributed by atoms with E-state index < -0.39 is 5.91 Å². The van der Waals surface area contributed by atoms with Gasteiger partial charge in [-0.25, -0.2) is 4.98 Å². The number of benzene rings is 1. The first-order chi connectivity index (χ1) is 12.0. The molecule has 3 N–H and O–H groups in total. The number of rotatable bonds is 6. The maximum Gasteiger partial charge on any atom is 0.251 e. The van der Waals surface area contributed by atoms with Crippen molar-refractivity contribution in [1.29, 1.82) is 0 Å². The van der Waals surface area contributed by atoms with Gasteiger partial charge < -0.3 is 15.6 Å². The number of para-hydroxylation sites is 2. The molecule has 0 unspecified atom stereocenters. The van der Waals surface area contributed by atoms with Crippen LogP contribution in [0.25, 0.3) is 11.0 Å². The number of primary amides is 1. The number of carbonyl (C=O) groups excluding carboxylic acids is 2. The van der Waals surface area contributed by atoms with Crippen molar-refractivity contribution in [1.82, 2.24) is 9.55 Å².